The molecule has 1 aromatic heterocycles. The molecule has 1 aliphatic rings. The Hall–Kier alpha value is -1.27. The molecular weight excluding hydrogens is 266 g/mol. The normalized spacial score (nSPS) is 20.4. The largest absolute Gasteiger partial charge is 0.381 e. The summed E-state index contributed by atoms with van der Waals surface area (Å²) in [5.74, 6) is -0.105. The molecule has 0 spiro atoms. The number of nitrogens with one attached hydrogen (secondary N) is 2. The van der Waals surface area contributed by atoms with Crippen LogP contribution in [0, 0.1) is 0 Å². The number of anilines is 1. The summed E-state index contributed by atoms with van der Waals surface area (Å²) in [4.78, 5) is 14.2. The quantitative estimate of drug-likeness (QED) is 0.777. The number of aromatic amines is 1. The lowest BCUT2D eigenvalue weighted by Gasteiger charge is -2.32. The molecule has 1 saturated heterocycles. The molecule has 0 aromatic carbocycles. The molecule has 0 saturated carbocycles. The molecule has 7 heteroatoms. The zero-order chi connectivity index (χ0) is 13.8. The van der Waals surface area contributed by atoms with E-state index in [9.17, 15) is 4.79 Å². The molecule has 0 aliphatic carbocycles. The maximum absolute atomic E-state index is 11.9. The number of aromatic nitrogens is 2. The average Bonchev–Trinajstić information content (AvgIpc) is 2.72. The van der Waals surface area contributed by atoms with Gasteiger partial charge in [-0.1, -0.05) is 18.0 Å². The van der Waals surface area contributed by atoms with Gasteiger partial charge in [-0.3, -0.25) is 9.89 Å². The van der Waals surface area contributed by atoms with Gasteiger partial charge in [0.05, 0.1) is 0 Å². The van der Waals surface area contributed by atoms with Crippen molar-refractivity contribution in [2.75, 3.05) is 25.9 Å². The van der Waals surface area contributed by atoms with Crippen LogP contribution >= 0.6 is 11.6 Å². The SMILES string of the molecule is CN1CCCCC1CCNC(=O)c1[nH]nc(N)c1Cl. The van der Waals surface area contributed by atoms with E-state index in [1.807, 2.05) is 0 Å². The zero-order valence-corrected chi connectivity index (χ0v) is 11.8. The van der Waals surface area contributed by atoms with E-state index in [4.69, 9.17) is 17.3 Å². The number of nitrogens with zero attached hydrogens (tertiary/aromatic N) is 2. The van der Waals surface area contributed by atoms with Gasteiger partial charge in [-0.05, 0) is 32.9 Å². The number of H-pyrrole nitrogens is 1. The minimum Gasteiger partial charge on any atom is -0.381 e. The average molecular weight is 286 g/mol. The Balaban J connectivity index is 1.79. The molecule has 106 valence electrons. The lowest BCUT2D eigenvalue weighted by Crippen LogP contribution is -2.39. The third-order valence-corrected chi connectivity index (χ3v) is 4.03. The van der Waals surface area contributed by atoms with E-state index in [0.29, 0.717) is 12.6 Å². The Morgan fingerprint density at radius 3 is 3.05 bits per heavy atom. The summed E-state index contributed by atoms with van der Waals surface area (Å²) in [6, 6.07) is 0.552. The van der Waals surface area contributed by atoms with E-state index in [0.717, 1.165) is 13.0 Å². The van der Waals surface area contributed by atoms with Gasteiger partial charge in [0.25, 0.3) is 5.91 Å². The number of likely N-dealkylation sites (tertiary alicyclic amines) is 1. The maximum Gasteiger partial charge on any atom is 0.270 e. The number of nitrogens with two attached hydrogens (primary N) is 1. The van der Waals surface area contributed by atoms with Gasteiger partial charge in [-0.2, -0.15) is 5.10 Å². The molecule has 1 atom stereocenters. The van der Waals surface area contributed by atoms with Crippen LogP contribution in [0.5, 0.6) is 0 Å². The summed E-state index contributed by atoms with van der Waals surface area (Å²) in [6.45, 7) is 1.77. The first-order valence-corrected chi connectivity index (χ1v) is 6.95. The number of amides is 1. The van der Waals surface area contributed by atoms with Gasteiger partial charge in [0.2, 0.25) is 0 Å². The fourth-order valence-electron chi connectivity index (χ4n) is 2.44. The molecule has 1 aliphatic heterocycles. The zero-order valence-electron chi connectivity index (χ0n) is 11.1. The minimum atomic E-state index is -0.257. The Bertz CT molecular complexity index is 447. The van der Waals surface area contributed by atoms with Crippen LogP contribution in [0.2, 0.25) is 5.02 Å². The van der Waals surface area contributed by atoms with E-state index in [1.54, 1.807) is 0 Å². The molecule has 1 unspecified atom stereocenters. The van der Waals surface area contributed by atoms with Crippen molar-refractivity contribution < 1.29 is 4.79 Å². The van der Waals surface area contributed by atoms with Crippen molar-refractivity contribution in [3.8, 4) is 0 Å². The molecule has 4 N–H and O–H groups in total. The monoisotopic (exact) mass is 285 g/mol. The highest BCUT2D eigenvalue weighted by molar-refractivity contribution is 6.35. The summed E-state index contributed by atoms with van der Waals surface area (Å²) >= 11 is 5.87. The fraction of sp³-hybridized carbons (Fsp3) is 0.667. The molecule has 2 rings (SSSR count). The number of halogens is 1. The first kappa shape index (κ1) is 14.1. The molecule has 0 radical (unpaired) electrons. The molecule has 2 heterocycles. The van der Waals surface area contributed by atoms with E-state index in [1.165, 1.54) is 19.3 Å². The summed E-state index contributed by atoms with van der Waals surface area (Å²) in [7, 11) is 2.14. The van der Waals surface area contributed by atoms with Crippen molar-refractivity contribution in [3.05, 3.63) is 10.7 Å². The van der Waals surface area contributed by atoms with Crippen LogP contribution in [0.15, 0.2) is 0 Å². The predicted molar refractivity (Wildman–Crippen MR) is 75.2 cm³/mol. The van der Waals surface area contributed by atoms with Crippen LogP contribution in [-0.4, -0.2) is 47.2 Å². The molecule has 19 heavy (non-hydrogen) atoms. The van der Waals surface area contributed by atoms with Crippen LogP contribution in [0.25, 0.3) is 0 Å². The van der Waals surface area contributed by atoms with Gasteiger partial charge < -0.3 is 16.0 Å². The van der Waals surface area contributed by atoms with E-state index in [2.05, 4.69) is 27.5 Å². The van der Waals surface area contributed by atoms with E-state index < -0.39 is 0 Å². The summed E-state index contributed by atoms with van der Waals surface area (Å²) in [5, 5.41) is 9.27. The van der Waals surface area contributed by atoms with E-state index in [-0.39, 0.29) is 22.4 Å². The Kier molecular flexibility index (Phi) is 4.66. The molecule has 1 fully saturated rings. The van der Waals surface area contributed by atoms with Gasteiger partial charge in [-0.15, -0.1) is 0 Å². The second-order valence-corrected chi connectivity index (χ2v) is 5.35. The highest BCUT2D eigenvalue weighted by Crippen LogP contribution is 2.20. The number of rotatable bonds is 4. The van der Waals surface area contributed by atoms with Gasteiger partial charge >= 0.3 is 0 Å². The van der Waals surface area contributed by atoms with Crippen molar-refractivity contribution in [1.82, 2.24) is 20.4 Å². The maximum atomic E-state index is 11.9. The van der Waals surface area contributed by atoms with Crippen LogP contribution in [0.4, 0.5) is 5.82 Å². The summed E-state index contributed by atoms with van der Waals surface area (Å²) < 4.78 is 0. The molecular formula is C12H20ClN5O. The summed E-state index contributed by atoms with van der Waals surface area (Å²) in [5.41, 5.74) is 5.71. The Labute approximate surface area is 117 Å². The number of piperidine rings is 1. The Morgan fingerprint density at radius 2 is 2.42 bits per heavy atom. The molecule has 0 bridgehead atoms. The highest BCUT2D eigenvalue weighted by atomic mass is 35.5. The van der Waals surface area contributed by atoms with Crippen molar-refractivity contribution in [2.24, 2.45) is 0 Å². The molecule has 1 amide bonds. The first-order chi connectivity index (χ1) is 9.09. The van der Waals surface area contributed by atoms with Gasteiger partial charge in [-0.25, -0.2) is 0 Å². The topological polar surface area (TPSA) is 87.0 Å². The first-order valence-electron chi connectivity index (χ1n) is 6.57. The predicted octanol–water partition coefficient (Wildman–Crippen LogP) is 1.25. The van der Waals surface area contributed by atoms with Crippen molar-refractivity contribution >= 4 is 23.3 Å². The third kappa shape index (κ3) is 3.39. The fourth-order valence-corrected chi connectivity index (χ4v) is 2.61. The second kappa shape index (κ2) is 6.25. The van der Waals surface area contributed by atoms with Crippen LogP contribution in [0.1, 0.15) is 36.2 Å². The van der Waals surface area contributed by atoms with Gasteiger partial charge in [0.1, 0.15) is 10.7 Å². The third-order valence-electron chi connectivity index (χ3n) is 3.64. The molecule has 6 nitrogen and oxygen atoms in total. The van der Waals surface area contributed by atoms with Crippen molar-refractivity contribution in [2.45, 2.75) is 31.7 Å². The molecule has 1 aromatic rings. The highest BCUT2D eigenvalue weighted by Gasteiger charge is 2.20. The van der Waals surface area contributed by atoms with Crippen molar-refractivity contribution in [3.63, 3.8) is 0 Å². The lowest BCUT2D eigenvalue weighted by molar-refractivity contribution is 0.0940. The van der Waals surface area contributed by atoms with Crippen LogP contribution < -0.4 is 11.1 Å². The number of carbonyl (C=O) groups is 1. The van der Waals surface area contributed by atoms with Crippen LogP contribution in [-0.2, 0) is 0 Å². The van der Waals surface area contributed by atoms with Crippen LogP contribution in [0.3, 0.4) is 0 Å². The van der Waals surface area contributed by atoms with E-state index >= 15 is 0 Å². The smallest absolute Gasteiger partial charge is 0.270 e. The Morgan fingerprint density at radius 1 is 1.63 bits per heavy atom. The number of hydrogen-bond donors (Lipinski definition) is 3. The summed E-state index contributed by atoms with van der Waals surface area (Å²) in [6.07, 6.45) is 4.68. The number of nitrogen functional groups attached to an aromatic ring is 1. The lowest BCUT2D eigenvalue weighted by atomic mass is 10.0. The van der Waals surface area contributed by atoms with Crippen molar-refractivity contribution in [1.29, 1.82) is 0 Å². The van der Waals surface area contributed by atoms with Gasteiger partial charge in [0.15, 0.2) is 5.82 Å². The second-order valence-electron chi connectivity index (χ2n) is 4.97. The minimum absolute atomic E-state index is 0.152. The van der Waals surface area contributed by atoms with Gasteiger partial charge in [0, 0.05) is 12.6 Å². The number of hydrogen-bond acceptors (Lipinski definition) is 4. The standard InChI is InChI=1S/C12H20ClN5O/c1-18-7-3-2-4-8(18)5-6-15-12(19)10-9(13)11(14)17-16-10/h8H,2-7H2,1H3,(H,15,19)(H3,14,16,17). The number of carbonyl (C=O) groups excluding carboxylic acids is 1.